The van der Waals surface area contributed by atoms with Crippen molar-refractivity contribution in [2.24, 2.45) is 45.3 Å². The highest BCUT2D eigenvalue weighted by atomic mass is 16.7. The molecule has 19 nitrogen and oxygen atoms in total. The highest BCUT2D eigenvalue weighted by Gasteiger charge is 2.74. The molecular formula is C48H82O19. The lowest BCUT2D eigenvalue weighted by Gasteiger charge is -2.72. The fourth-order valence-corrected chi connectivity index (χ4v) is 14.8. The Labute approximate surface area is 393 Å². The summed E-state index contributed by atoms with van der Waals surface area (Å²) < 4.78 is 37.1. The van der Waals surface area contributed by atoms with Gasteiger partial charge in [-0.1, -0.05) is 46.3 Å². The monoisotopic (exact) mass is 963 g/mol. The van der Waals surface area contributed by atoms with Crippen LogP contribution in [-0.4, -0.2) is 202 Å². The molecule has 4 saturated carbocycles. The van der Waals surface area contributed by atoms with Crippen molar-refractivity contribution in [3.63, 3.8) is 0 Å². The average molecular weight is 963 g/mol. The topological polar surface area (TPSA) is 318 Å². The number of aliphatic hydroxyl groups is 13. The summed E-state index contributed by atoms with van der Waals surface area (Å²) in [6, 6.07) is 0. The summed E-state index contributed by atoms with van der Waals surface area (Å²) >= 11 is 0. The minimum atomic E-state index is -1.78. The van der Waals surface area contributed by atoms with Gasteiger partial charge in [-0.15, -0.1) is 0 Å². The fourth-order valence-electron chi connectivity index (χ4n) is 14.8. The molecule has 0 aromatic heterocycles. The Bertz CT molecular complexity index is 1710. The van der Waals surface area contributed by atoms with E-state index in [-0.39, 0.29) is 23.7 Å². The third-order valence-electron chi connectivity index (χ3n) is 18.7. The first-order valence-corrected chi connectivity index (χ1v) is 24.5. The molecule has 13 N–H and O–H groups in total. The second kappa shape index (κ2) is 19.8. The van der Waals surface area contributed by atoms with Gasteiger partial charge in [-0.25, -0.2) is 0 Å². The van der Waals surface area contributed by atoms with Gasteiger partial charge >= 0.3 is 0 Å². The molecule has 3 saturated heterocycles. The van der Waals surface area contributed by atoms with Crippen molar-refractivity contribution in [2.45, 2.75) is 223 Å². The first kappa shape index (κ1) is 53.8. The lowest BCUT2D eigenvalue weighted by molar-refractivity contribution is -0.357. The molecule has 0 amide bonds. The zero-order chi connectivity index (χ0) is 49.5. The zero-order valence-corrected chi connectivity index (χ0v) is 40.3. The summed E-state index contributed by atoms with van der Waals surface area (Å²) in [5, 5.41) is 142. The maximum Gasteiger partial charge on any atom is 0.187 e. The second-order valence-electron chi connectivity index (χ2n) is 23.1. The maximum atomic E-state index is 12.7. The van der Waals surface area contributed by atoms with Crippen molar-refractivity contribution in [1.82, 2.24) is 0 Å². The van der Waals surface area contributed by atoms with Crippen LogP contribution in [0.2, 0.25) is 0 Å². The van der Waals surface area contributed by atoms with E-state index in [4.69, 9.17) is 28.4 Å². The van der Waals surface area contributed by atoms with Crippen LogP contribution in [0.15, 0.2) is 11.6 Å². The number of ether oxygens (including phenoxy) is 6. The summed E-state index contributed by atoms with van der Waals surface area (Å²) in [6.07, 6.45) is -19.3. The predicted octanol–water partition coefficient (Wildman–Crippen LogP) is -1.06. The number of rotatable bonds is 13. The Hall–Kier alpha value is -1.02. The molecule has 7 aliphatic rings. The molecule has 0 radical (unpaired) electrons. The van der Waals surface area contributed by atoms with Crippen LogP contribution >= 0.6 is 0 Å². The highest BCUT2D eigenvalue weighted by Crippen LogP contribution is 2.76. The summed E-state index contributed by atoms with van der Waals surface area (Å²) in [5.74, 6) is -1.11. The minimum Gasteiger partial charge on any atom is -0.394 e. The van der Waals surface area contributed by atoms with Crippen LogP contribution in [0.3, 0.4) is 0 Å². The van der Waals surface area contributed by atoms with Crippen molar-refractivity contribution < 1.29 is 94.8 Å². The maximum absolute atomic E-state index is 12.7. The number of hydrogen-bond acceptors (Lipinski definition) is 19. The van der Waals surface area contributed by atoms with Crippen molar-refractivity contribution >= 4 is 0 Å². The summed E-state index contributed by atoms with van der Waals surface area (Å²) in [6.45, 7) is 14.7. The zero-order valence-electron chi connectivity index (χ0n) is 40.3. The number of aliphatic hydroxyl groups excluding tert-OH is 13. The van der Waals surface area contributed by atoms with E-state index < -0.39 is 158 Å². The van der Waals surface area contributed by atoms with E-state index >= 15 is 0 Å². The highest BCUT2D eigenvalue weighted by molar-refractivity contribution is 5.22. The molecule has 388 valence electrons. The second-order valence-corrected chi connectivity index (χ2v) is 23.1. The molecule has 7 fully saturated rings. The largest absolute Gasteiger partial charge is 0.394 e. The van der Waals surface area contributed by atoms with Crippen molar-refractivity contribution in [3.05, 3.63) is 11.6 Å². The molecule has 1 unspecified atom stereocenters. The number of fused-ring (bicyclic) bond motifs is 5. The molecule has 67 heavy (non-hydrogen) atoms. The minimum absolute atomic E-state index is 0.0841. The van der Waals surface area contributed by atoms with Crippen molar-refractivity contribution in [2.75, 3.05) is 19.8 Å². The van der Waals surface area contributed by atoms with Crippen LogP contribution in [0.1, 0.15) is 107 Å². The van der Waals surface area contributed by atoms with Gasteiger partial charge in [-0.2, -0.15) is 0 Å². The van der Waals surface area contributed by atoms with Crippen LogP contribution in [-0.2, 0) is 28.4 Å². The van der Waals surface area contributed by atoms with Crippen LogP contribution in [0.25, 0.3) is 0 Å². The molecule has 0 bridgehead atoms. The molecule has 3 aliphatic heterocycles. The van der Waals surface area contributed by atoms with Crippen LogP contribution in [0.5, 0.6) is 0 Å². The summed E-state index contributed by atoms with van der Waals surface area (Å²) in [7, 11) is 0. The van der Waals surface area contributed by atoms with E-state index in [0.29, 0.717) is 51.4 Å². The molecule has 7 rings (SSSR count). The van der Waals surface area contributed by atoms with Crippen molar-refractivity contribution in [3.8, 4) is 0 Å². The Morgan fingerprint density at radius 1 is 0.657 bits per heavy atom. The predicted molar refractivity (Wildman–Crippen MR) is 235 cm³/mol. The van der Waals surface area contributed by atoms with E-state index in [1.54, 1.807) is 0 Å². The van der Waals surface area contributed by atoms with E-state index in [0.717, 1.165) is 5.57 Å². The molecule has 4 aliphatic carbocycles. The quantitative estimate of drug-likeness (QED) is 0.0773. The Balaban J connectivity index is 1.20. The van der Waals surface area contributed by atoms with Gasteiger partial charge in [0.15, 0.2) is 18.9 Å². The van der Waals surface area contributed by atoms with E-state index in [9.17, 15) is 66.4 Å². The summed E-state index contributed by atoms with van der Waals surface area (Å²) in [5.41, 5.74) is -2.41. The van der Waals surface area contributed by atoms with Gasteiger partial charge in [0, 0.05) is 0 Å². The Morgan fingerprint density at radius 2 is 1.19 bits per heavy atom. The van der Waals surface area contributed by atoms with Crippen molar-refractivity contribution in [1.29, 1.82) is 0 Å². The van der Waals surface area contributed by atoms with E-state index in [2.05, 4.69) is 26.8 Å². The standard InChI is InChI=1S/C48H82O19/c1-21(2)10-9-13-48(8,67-43-39(61)35(57)32(54)26(19-50)65-43)22-11-15-46(6)30(22)23(51)16-28-45(5)14-12-29(52)44(3,4)40(45)24(17-47(28,46)7)63-42-38(60)36(58)33(55)27(66-42)20-62-41-37(59)34(56)31(53)25(18-49)64-41/h10,22-43,49-61H,9,11-20H2,1-8H3/t22-,23+,24-,25+,26+,27+,28+,29-,30-,31+,32+,33+,34-,35-,36-,37+,38+,39+,40?,41-,42+,43-,45+,46+,47+,48-/m0/s1. The Kier molecular flexibility index (Phi) is 15.9. The van der Waals surface area contributed by atoms with Gasteiger partial charge in [-0.3, -0.25) is 0 Å². The average Bonchev–Trinajstić information content (AvgIpc) is 3.66. The Morgan fingerprint density at radius 3 is 1.78 bits per heavy atom. The van der Waals surface area contributed by atoms with Gasteiger partial charge in [0.2, 0.25) is 0 Å². The first-order valence-electron chi connectivity index (χ1n) is 24.5. The fraction of sp³-hybridized carbons (Fsp3) is 0.958. The molecule has 0 aromatic carbocycles. The van der Waals surface area contributed by atoms with Gasteiger partial charge < -0.3 is 94.8 Å². The molecule has 0 spiro atoms. The lowest BCUT2D eigenvalue weighted by Crippen LogP contribution is -2.71. The third-order valence-corrected chi connectivity index (χ3v) is 18.7. The van der Waals surface area contributed by atoms with Gasteiger partial charge in [0.25, 0.3) is 0 Å². The molecule has 3 heterocycles. The van der Waals surface area contributed by atoms with E-state index in [1.165, 1.54) is 0 Å². The molecule has 19 heteroatoms. The number of allylic oxidation sites excluding steroid dienone is 2. The normalized spacial score (nSPS) is 52.9. The molecule has 0 aromatic rings. The van der Waals surface area contributed by atoms with Gasteiger partial charge in [-0.05, 0) is 117 Å². The van der Waals surface area contributed by atoms with Crippen LogP contribution < -0.4 is 0 Å². The lowest BCUT2D eigenvalue weighted by atomic mass is 9.34. The molecule has 26 atom stereocenters. The smallest absolute Gasteiger partial charge is 0.187 e. The SMILES string of the molecule is CC(C)=CCC[C@](C)(O[C@@H]1O[C@H](CO)[C@@H](O)[C@H](O)[C@H]1O)[C@H]1CC[C@]2(C)[C@@H]1[C@H](O)C[C@@H]1[C@@]3(C)CC[C@H](O)C(C)(C)C3[C@@H](O[C@@H]3O[C@H](CO[C@H]4O[C@H](CO)[C@@H](O)[C@H](O)[C@H]4O)[C@@H](O)[C@H](O)[C@H]3O)C[C@]12C. The van der Waals surface area contributed by atoms with Crippen LogP contribution in [0, 0.1) is 45.3 Å². The van der Waals surface area contributed by atoms with Gasteiger partial charge in [0.05, 0.1) is 43.7 Å². The number of hydrogen-bond donors (Lipinski definition) is 13. The first-order chi connectivity index (χ1) is 31.2. The summed E-state index contributed by atoms with van der Waals surface area (Å²) in [4.78, 5) is 0. The van der Waals surface area contributed by atoms with Crippen LogP contribution in [0.4, 0.5) is 0 Å². The van der Waals surface area contributed by atoms with Gasteiger partial charge in [0.1, 0.15) is 73.2 Å². The van der Waals surface area contributed by atoms with E-state index in [1.807, 2.05) is 34.6 Å². The third kappa shape index (κ3) is 9.13. The molecular weight excluding hydrogens is 881 g/mol.